The van der Waals surface area contributed by atoms with Gasteiger partial charge in [0, 0.05) is 0 Å². The van der Waals surface area contributed by atoms with Crippen LogP contribution in [0.5, 0.6) is 5.75 Å². The molecule has 21 heavy (non-hydrogen) atoms. The highest BCUT2D eigenvalue weighted by Gasteiger charge is 2.37. The van der Waals surface area contributed by atoms with Crippen molar-refractivity contribution < 1.29 is 14.2 Å². The Labute approximate surface area is 124 Å². The van der Waals surface area contributed by atoms with Gasteiger partial charge >= 0.3 is 0 Å². The summed E-state index contributed by atoms with van der Waals surface area (Å²) in [4.78, 5) is 0. The van der Waals surface area contributed by atoms with E-state index in [9.17, 15) is 9.50 Å². The lowest BCUT2D eigenvalue weighted by Crippen LogP contribution is -2.23. The molecule has 0 saturated heterocycles. The van der Waals surface area contributed by atoms with Gasteiger partial charge in [-0.3, -0.25) is 0 Å². The molecule has 0 amide bonds. The maximum Gasteiger partial charge on any atom is 0.126 e. The van der Waals surface area contributed by atoms with Gasteiger partial charge in [0.05, 0.1) is 12.7 Å². The van der Waals surface area contributed by atoms with Crippen molar-refractivity contribution in [2.24, 2.45) is 0 Å². The molecule has 1 aliphatic carbocycles. The van der Waals surface area contributed by atoms with Gasteiger partial charge in [0.1, 0.15) is 11.6 Å². The van der Waals surface area contributed by atoms with Crippen LogP contribution in [0.15, 0.2) is 42.5 Å². The quantitative estimate of drug-likeness (QED) is 0.930. The Morgan fingerprint density at radius 1 is 1.19 bits per heavy atom. The first-order valence-corrected chi connectivity index (χ1v) is 7.25. The highest BCUT2D eigenvalue weighted by atomic mass is 19.1. The largest absolute Gasteiger partial charge is 0.497 e. The van der Waals surface area contributed by atoms with Gasteiger partial charge in [0.2, 0.25) is 0 Å². The van der Waals surface area contributed by atoms with E-state index < -0.39 is 5.60 Å². The molecule has 0 fully saturated rings. The minimum absolute atomic E-state index is 0.201. The lowest BCUT2D eigenvalue weighted by atomic mass is 9.89. The zero-order chi connectivity index (χ0) is 14.9. The zero-order valence-electron chi connectivity index (χ0n) is 12.1. The summed E-state index contributed by atoms with van der Waals surface area (Å²) in [5, 5.41) is 10.8. The molecule has 3 rings (SSSR count). The molecule has 110 valence electrons. The minimum Gasteiger partial charge on any atom is -0.497 e. The summed E-state index contributed by atoms with van der Waals surface area (Å²) in [7, 11) is 1.64. The van der Waals surface area contributed by atoms with Crippen molar-refractivity contribution in [3.05, 3.63) is 65.0 Å². The Hall–Kier alpha value is -1.87. The van der Waals surface area contributed by atoms with Crippen LogP contribution >= 0.6 is 0 Å². The van der Waals surface area contributed by atoms with E-state index in [0.717, 1.165) is 23.3 Å². The number of ether oxygens (including phenoxy) is 1. The Balaban J connectivity index is 1.75. The molecular formula is C18H19FO2. The van der Waals surface area contributed by atoms with E-state index >= 15 is 0 Å². The highest BCUT2D eigenvalue weighted by molar-refractivity contribution is 5.38. The van der Waals surface area contributed by atoms with Crippen molar-refractivity contribution in [1.82, 2.24) is 0 Å². The van der Waals surface area contributed by atoms with Gasteiger partial charge in [0.15, 0.2) is 0 Å². The van der Waals surface area contributed by atoms with E-state index in [4.69, 9.17) is 4.74 Å². The van der Waals surface area contributed by atoms with Crippen LogP contribution in [-0.2, 0) is 18.4 Å². The third kappa shape index (κ3) is 2.66. The van der Waals surface area contributed by atoms with Crippen LogP contribution in [0, 0.1) is 5.82 Å². The summed E-state index contributed by atoms with van der Waals surface area (Å²) < 4.78 is 18.9. The third-order valence-electron chi connectivity index (χ3n) is 4.40. The first-order chi connectivity index (χ1) is 10.1. The molecule has 1 atom stereocenters. The summed E-state index contributed by atoms with van der Waals surface area (Å²) in [6.45, 7) is 0. The maximum atomic E-state index is 13.8. The Morgan fingerprint density at radius 3 is 2.67 bits per heavy atom. The number of hydrogen-bond acceptors (Lipinski definition) is 2. The van der Waals surface area contributed by atoms with Crippen LogP contribution < -0.4 is 4.74 Å². The first kappa shape index (κ1) is 14.1. The molecule has 2 aromatic carbocycles. The fourth-order valence-electron chi connectivity index (χ4n) is 3.12. The Morgan fingerprint density at radius 2 is 1.95 bits per heavy atom. The fourth-order valence-corrected chi connectivity index (χ4v) is 3.12. The Kier molecular flexibility index (Phi) is 3.68. The molecule has 0 aliphatic heterocycles. The number of aryl methyl sites for hydroxylation is 1. The molecule has 1 N–H and O–H groups in total. The lowest BCUT2D eigenvalue weighted by molar-refractivity contribution is 0.0297. The minimum atomic E-state index is -0.905. The van der Waals surface area contributed by atoms with E-state index in [1.807, 2.05) is 30.3 Å². The normalized spacial score (nSPS) is 20.3. The van der Waals surface area contributed by atoms with Gasteiger partial charge in [-0.25, -0.2) is 4.39 Å². The second kappa shape index (κ2) is 5.49. The monoisotopic (exact) mass is 286 g/mol. The average Bonchev–Trinajstić information content (AvgIpc) is 2.85. The molecule has 0 aromatic heterocycles. The lowest BCUT2D eigenvalue weighted by Gasteiger charge is -2.24. The van der Waals surface area contributed by atoms with Crippen LogP contribution in [0.1, 0.15) is 29.5 Å². The van der Waals surface area contributed by atoms with Gasteiger partial charge in [-0.15, -0.1) is 0 Å². The number of halogens is 1. The van der Waals surface area contributed by atoms with Crippen molar-refractivity contribution in [2.45, 2.75) is 31.3 Å². The predicted molar refractivity (Wildman–Crippen MR) is 79.9 cm³/mol. The highest BCUT2D eigenvalue weighted by Crippen LogP contribution is 2.41. The number of aliphatic hydroxyl groups is 1. The summed E-state index contributed by atoms with van der Waals surface area (Å²) in [5.74, 6) is 0.624. The van der Waals surface area contributed by atoms with Crippen LogP contribution in [0.4, 0.5) is 4.39 Å². The number of fused-ring (bicyclic) bond motifs is 1. The number of rotatable bonds is 4. The molecule has 0 heterocycles. The van der Waals surface area contributed by atoms with Gasteiger partial charge in [-0.1, -0.05) is 24.3 Å². The smallest absolute Gasteiger partial charge is 0.126 e. The van der Waals surface area contributed by atoms with Crippen molar-refractivity contribution in [3.63, 3.8) is 0 Å². The summed E-state index contributed by atoms with van der Waals surface area (Å²) in [6, 6.07) is 12.8. The van der Waals surface area contributed by atoms with Crippen LogP contribution in [0.25, 0.3) is 0 Å². The van der Waals surface area contributed by atoms with E-state index in [1.165, 1.54) is 6.07 Å². The molecule has 0 saturated carbocycles. The molecule has 3 heteroatoms. The predicted octanol–water partition coefficient (Wildman–Crippen LogP) is 3.60. The molecule has 0 spiro atoms. The van der Waals surface area contributed by atoms with E-state index in [-0.39, 0.29) is 5.82 Å². The molecule has 2 aromatic rings. The molecular weight excluding hydrogens is 267 g/mol. The van der Waals surface area contributed by atoms with Crippen LogP contribution in [-0.4, -0.2) is 12.2 Å². The molecule has 2 nitrogen and oxygen atoms in total. The standard InChI is InChI=1S/C18H19FO2/c1-21-14-7-5-13(6-8-14)9-11-18(20)12-10-15-16(18)3-2-4-17(15)19/h2-8,20H,9-12H2,1H3. The van der Waals surface area contributed by atoms with Crippen LogP contribution in [0.3, 0.4) is 0 Å². The van der Waals surface area contributed by atoms with Crippen molar-refractivity contribution in [2.75, 3.05) is 7.11 Å². The molecule has 0 radical (unpaired) electrons. The van der Waals surface area contributed by atoms with Gasteiger partial charge in [-0.05, 0) is 60.6 Å². The number of benzene rings is 2. The molecule has 1 aliphatic rings. The van der Waals surface area contributed by atoms with E-state index in [0.29, 0.717) is 24.8 Å². The molecule has 1 unspecified atom stereocenters. The number of hydrogen-bond donors (Lipinski definition) is 1. The van der Waals surface area contributed by atoms with Gasteiger partial charge in [-0.2, -0.15) is 0 Å². The maximum absolute atomic E-state index is 13.8. The van der Waals surface area contributed by atoms with E-state index in [2.05, 4.69) is 0 Å². The zero-order valence-corrected chi connectivity index (χ0v) is 12.1. The van der Waals surface area contributed by atoms with Crippen LogP contribution in [0.2, 0.25) is 0 Å². The molecule has 0 bridgehead atoms. The van der Waals surface area contributed by atoms with Crippen molar-refractivity contribution >= 4 is 0 Å². The fraction of sp³-hybridized carbons (Fsp3) is 0.333. The SMILES string of the molecule is COc1ccc(CCC2(O)CCc3c(F)cccc32)cc1. The van der Waals surface area contributed by atoms with E-state index in [1.54, 1.807) is 13.2 Å². The van der Waals surface area contributed by atoms with Crippen molar-refractivity contribution in [1.29, 1.82) is 0 Å². The Bertz CT molecular complexity index is 636. The summed E-state index contributed by atoms with van der Waals surface area (Å²) >= 11 is 0. The summed E-state index contributed by atoms with van der Waals surface area (Å²) in [6.07, 6.45) is 2.58. The second-order valence-corrected chi connectivity index (χ2v) is 5.65. The van der Waals surface area contributed by atoms with Gasteiger partial charge < -0.3 is 9.84 Å². The third-order valence-corrected chi connectivity index (χ3v) is 4.40. The second-order valence-electron chi connectivity index (χ2n) is 5.65. The van der Waals surface area contributed by atoms with Crippen molar-refractivity contribution in [3.8, 4) is 5.75 Å². The first-order valence-electron chi connectivity index (χ1n) is 7.25. The number of methoxy groups -OCH3 is 1. The summed E-state index contributed by atoms with van der Waals surface area (Å²) in [5.41, 5.74) is 1.68. The topological polar surface area (TPSA) is 29.5 Å². The van der Waals surface area contributed by atoms with Gasteiger partial charge in [0.25, 0.3) is 0 Å². The average molecular weight is 286 g/mol.